The van der Waals surface area contributed by atoms with E-state index in [1.165, 1.54) is 18.0 Å². The third-order valence-electron chi connectivity index (χ3n) is 4.04. The first kappa shape index (κ1) is 19.4. The van der Waals surface area contributed by atoms with Crippen LogP contribution < -0.4 is 10.1 Å². The Morgan fingerprint density at radius 3 is 2.79 bits per heavy atom. The van der Waals surface area contributed by atoms with E-state index in [0.717, 1.165) is 11.8 Å². The molecule has 0 saturated carbocycles. The summed E-state index contributed by atoms with van der Waals surface area (Å²) >= 11 is 6.14. The number of hydrogen-bond acceptors (Lipinski definition) is 6. The average Bonchev–Trinajstić information content (AvgIpc) is 3.29. The van der Waals surface area contributed by atoms with Crippen molar-refractivity contribution in [2.24, 2.45) is 0 Å². The van der Waals surface area contributed by atoms with Crippen LogP contribution >= 0.6 is 11.6 Å². The summed E-state index contributed by atoms with van der Waals surface area (Å²) in [5.41, 5.74) is 1.07. The van der Waals surface area contributed by atoms with Crippen molar-refractivity contribution in [1.82, 2.24) is 19.6 Å². The molecule has 0 bridgehead atoms. The molecule has 2 aromatic heterocycles. The van der Waals surface area contributed by atoms with Crippen LogP contribution in [0.25, 0.3) is 0 Å². The van der Waals surface area contributed by atoms with Gasteiger partial charge in [-0.15, -0.1) is 5.10 Å². The van der Waals surface area contributed by atoms with E-state index in [0.29, 0.717) is 17.3 Å². The van der Waals surface area contributed by atoms with Crippen molar-refractivity contribution in [2.75, 3.05) is 12.4 Å². The highest BCUT2D eigenvalue weighted by Crippen LogP contribution is 2.26. The molecule has 0 aliphatic rings. The number of anilines is 1. The number of halogens is 1. The number of nitrogens with zero attached hydrogens (tertiary/aromatic N) is 5. The second-order valence-corrected chi connectivity index (χ2v) is 6.35. The van der Waals surface area contributed by atoms with Crippen LogP contribution in [0.2, 0.25) is 5.02 Å². The summed E-state index contributed by atoms with van der Waals surface area (Å²) in [5.74, 6) is -0.561. The Morgan fingerprint density at radius 2 is 2.14 bits per heavy atom. The van der Waals surface area contributed by atoms with Crippen molar-refractivity contribution in [1.29, 1.82) is 0 Å². The number of carbonyl (C=O) groups excluding carboxylic acids is 1. The number of nitro groups is 1. The Hall–Kier alpha value is -3.40. The summed E-state index contributed by atoms with van der Waals surface area (Å²) in [6.45, 7) is 2.02. The maximum Gasteiger partial charge on any atom is 0.350 e. The molecule has 1 aromatic carbocycles. The lowest BCUT2D eigenvalue weighted by atomic mass is 10.2. The Bertz CT molecular complexity index is 1010. The van der Waals surface area contributed by atoms with E-state index in [2.05, 4.69) is 15.5 Å². The molecule has 1 N–H and O–H groups in total. The van der Waals surface area contributed by atoms with Gasteiger partial charge in [0.15, 0.2) is 0 Å². The van der Waals surface area contributed by atoms with Gasteiger partial charge in [0.05, 0.1) is 30.5 Å². The molecule has 28 heavy (non-hydrogen) atoms. The molecule has 2 heterocycles. The number of carbonyl (C=O) groups is 1. The van der Waals surface area contributed by atoms with Crippen LogP contribution in [0.5, 0.6) is 5.88 Å². The van der Waals surface area contributed by atoms with Crippen molar-refractivity contribution in [2.45, 2.75) is 19.5 Å². The fourth-order valence-corrected chi connectivity index (χ4v) is 2.71. The fourth-order valence-electron chi connectivity index (χ4n) is 2.52. The smallest absolute Gasteiger partial charge is 0.350 e. The second-order valence-electron chi connectivity index (χ2n) is 5.94. The number of methoxy groups -OCH3 is 1. The first-order valence-electron chi connectivity index (χ1n) is 8.23. The van der Waals surface area contributed by atoms with E-state index < -0.39 is 16.9 Å². The number of hydrogen-bond donors (Lipinski definition) is 1. The number of ether oxygens (including phenoxy) is 1. The van der Waals surface area contributed by atoms with Crippen LogP contribution in [0.1, 0.15) is 18.5 Å². The average molecular weight is 405 g/mol. The summed E-state index contributed by atoms with van der Waals surface area (Å²) < 4.78 is 7.70. The molecule has 0 radical (unpaired) electrons. The number of nitrogens with one attached hydrogen (secondary N) is 1. The largest absolute Gasteiger partial charge is 0.475 e. The number of rotatable bonds is 7. The first-order chi connectivity index (χ1) is 13.4. The highest BCUT2D eigenvalue weighted by molar-refractivity contribution is 6.31. The van der Waals surface area contributed by atoms with Gasteiger partial charge in [-0.1, -0.05) is 29.8 Å². The molecule has 1 amide bonds. The van der Waals surface area contributed by atoms with Crippen molar-refractivity contribution in [3.63, 3.8) is 0 Å². The minimum atomic E-state index is -0.797. The summed E-state index contributed by atoms with van der Waals surface area (Å²) in [6, 6.07) is 6.61. The van der Waals surface area contributed by atoms with Gasteiger partial charge in [0, 0.05) is 11.2 Å². The molecule has 0 aliphatic carbocycles. The van der Waals surface area contributed by atoms with Crippen molar-refractivity contribution in [3.8, 4) is 5.88 Å². The molecule has 1 atom stereocenters. The zero-order valence-electron chi connectivity index (χ0n) is 15.1. The minimum absolute atomic E-state index is 0.155. The molecule has 1 unspecified atom stereocenters. The van der Waals surface area contributed by atoms with E-state index >= 15 is 0 Å². The van der Waals surface area contributed by atoms with Crippen LogP contribution in [0.4, 0.5) is 11.4 Å². The predicted molar refractivity (Wildman–Crippen MR) is 102 cm³/mol. The standard InChI is InChI=1S/C17H17ClN6O4/c1-11(23-10-15(24(26)27)17(21-23)28-2)16(25)20-13-7-19-22(9-13)8-12-5-3-4-6-14(12)18/h3-7,9-11H,8H2,1-2H3,(H,20,25). The molecular weight excluding hydrogens is 388 g/mol. The number of aromatic nitrogens is 4. The SMILES string of the molecule is COc1nn(C(C)C(=O)Nc2cnn(Cc3ccccc3Cl)c2)cc1[N+](=O)[O-]. The lowest BCUT2D eigenvalue weighted by molar-refractivity contribution is -0.385. The van der Waals surface area contributed by atoms with Gasteiger partial charge in [-0.05, 0) is 18.6 Å². The molecule has 3 rings (SSSR count). The van der Waals surface area contributed by atoms with Crippen molar-refractivity contribution < 1.29 is 14.5 Å². The van der Waals surface area contributed by atoms with Gasteiger partial charge in [-0.3, -0.25) is 19.6 Å². The van der Waals surface area contributed by atoms with Crippen LogP contribution in [-0.2, 0) is 11.3 Å². The molecule has 11 heteroatoms. The van der Waals surface area contributed by atoms with Gasteiger partial charge in [0.2, 0.25) is 5.91 Å². The summed E-state index contributed by atoms with van der Waals surface area (Å²) in [6.07, 6.45) is 4.33. The third-order valence-corrected chi connectivity index (χ3v) is 4.41. The van der Waals surface area contributed by atoms with Crippen molar-refractivity contribution >= 4 is 28.9 Å². The Labute approximate surface area is 164 Å². The lowest BCUT2D eigenvalue weighted by Gasteiger charge is -2.10. The van der Waals surface area contributed by atoms with Gasteiger partial charge in [0.1, 0.15) is 12.2 Å². The van der Waals surface area contributed by atoms with E-state index in [1.807, 2.05) is 18.2 Å². The van der Waals surface area contributed by atoms with Gasteiger partial charge in [0.25, 0.3) is 0 Å². The normalized spacial score (nSPS) is 11.8. The highest BCUT2D eigenvalue weighted by atomic mass is 35.5. The molecule has 0 aliphatic heterocycles. The summed E-state index contributed by atoms with van der Waals surface area (Å²) in [5, 5.41) is 22.5. The Morgan fingerprint density at radius 1 is 1.39 bits per heavy atom. The highest BCUT2D eigenvalue weighted by Gasteiger charge is 2.25. The van der Waals surface area contributed by atoms with Crippen LogP contribution in [0.3, 0.4) is 0 Å². The van der Waals surface area contributed by atoms with Gasteiger partial charge < -0.3 is 10.1 Å². The maximum absolute atomic E-state index is 12.5. The summed E-state index contributed by atoms with van der Waals surface area (Å²) in [7, 11) is 1.28. The van der Waals surface area contributed by atoms with E-state index in [-0.39, 0.29) is 11.6 Å². The van der Waals surface area contributed by atoms with Gasteiger partial charge >= 0.3 is 11.6 Å². The zero-order valence-corrected chi connectivity index (χ0v) is 15.8. The topological polar surface area (TPSA) is 117 Å². The van der Waals surface area contributed by atoms with Crippen LogP contribution in [-0.4, -0.2) is 37.5 Å². The van der Waals surface area contributed by atoms with E-state index in [9.17, 15) is 14.9 Å². The monoisotopic (exact) mass is 404 g/mol. The van der Waals surface area contributed by atoms with Gasteiger partial charge in [-0.25, -0.2) is 4.68 Å². The number of amides is 1. The molecule has 3 aromatic rings. The molecule has 0 saturated heterocycles. The zero-order chi connectivity index (χ0) is 20.3. The second kappa shape index (κ2) is 8.09. The molecule has 0 spiro atoms. The molecule has 146 valence electrons. The van der Waals surface area contributed by atoms with E-state index in [1.54, 1.807) is 23.9 Å². The minimum Gasteiger partial charge on any atom is -0.475 e. The predicted octanol–water partition coefficient (Wildman–Crippen LogP) is 2.90. The maximum atomic E-state index is 12.5. The lowest BCUT2D eigenvalue weighted by Crippen LogP contribution is -2.23. The number of benzene rings is 1. The molecular formula is C17H17ClN6O4. The summed E-state index contributed by atoms with van der Waals surface area (Å²) in [4.78, 5) is 22.9. The molecule has 0 fully saturated rings. The van der Waals surface area contributed by atoms with Crippen LogP contribution in [0.15, 0.2) is 42.9 Å². The first-order valence-corrected chi connectivity index (χ1v) is 8.61. The van der Waals surface area contributed by atoms with Crippen LogP contribution in [0, 0.1) is 10.1 Å². The third kappa shape index (κ3) is 4.12. The van der Waals surface area contributed by atoms with Gasteiger partial charge in [-0.2, -0.15) is 5.10 Å². The Kier molecular flexibility index (Phi) is 5.59. The quantitative estimate of drug-likeness (QED) is 0.478. The van der Waals surface area contributed by atoms with E-state index in [4.69, 9.17) is 16.3 Å². The Balaban J connectivity index is 1.69. The fraction of sp³-hybridized carbons (Fsp3) is 0.235. The van der Waals surface area contributed by atoms with Crippen molar-refractivity contribution in [3.05, 3.63) is 63.6 Å². The molecule has 10 nitrogen and oxygen atoms in total.